The topological polar surface area (TPSA) is 172 Å². The number of nitrogens with zero attached hydrogens (tertiary/aromatic N) is 1. The van der Waals surface area contributed by atoms with Crippen LogP contribution in [0.15, 0.2) is 0 Å². The fourth-order valence-electron chi connectivity index (χ4n) is 8.61. The van der Waals surface area contributed by atoms with Gasteiger partial charge in [-0.15, -0.1) is 0 Å². The highest BCUT2D eigenvalue weighted by atomic mass is 16.7. The van der Waals surface area contributed by atoms with Gasteiger partial charge in [-0.25, -0.2) is 0 Å². The van der Waals surface area contributed by atoms with Crippen molar-refractivity contribution in [3.63, 3.8) is 0 Å². The molecule has 1 saturated heterocycles. The Morgan fingerprint density at radius 1 is 0.557 bits per heavy atom. The van der Waals surface area contributed by atoms with E-state index in [1.165, 1.54) is 167 Å². The standard InChI is InChI=1S/C50H100N2O9/c1-4-7-10-13-14-15-16-17-18-19-22-25-30-35-43(54)46(56)42(41-60-50-49(59)48(58)47(57)44(40-53)61-50)51-45(55)36-31-26-23-20-21-24-29-34-39-52(37-32-27-11-8-5-2)38-33-28-12-9-6-3/h42-44,46-50,53-54,56-59H,4-41H2,1-3H3,(H,51,55)/t42-,43+,44+,46-,47-,48-,49+,50-/m0/s1. The van der Waals surface area contributed by atoms with Gasteiger partial charge in [0.1, 0.15) is 30.5 Å². The molecule has 0 aliphatic carbocycles. The first-order valence-electron chi connectivity index (χ1n) is 26.0. The van der Waals surface area contributed by atoms with Crippen molar-refractivity contribution in [1.29, 1.82) is 0 Å². The number of carbonyl (C=O) groups is 1. The molecular formula is C50H100N2O9. The molecule has 7 N–H and O–H groups in total. The third kappa shape index (κ3) is 30.0. The van der Waals surface area contributed by atoms with Gasteiger partial charge in [-0.05, 0) is 51.7 Å². The largest absolute Gasteiger partial charge is 0.394 e. The number of nitrogens with one attached hydrogen (secondary N) is 1. The van der Waals surface area contributed by atoms with Gasteiger partial charge in [0, 0.05) is 6.42 Å². The Labute approximate surface area is 374 Å². The molecule has 0 radical (unpaired) electrons. The number of ether oxygens (including phenoxy) is 2. The molecule has 11 nitrogen and oxygen atoms in total. The second-order valence-electron chi connectivity index (χ2n) is 18.5. The third-order valence-electron chi connectivity index (χ3n) is 12.8. The minimum absolute atomic E-state index is 0.255. The van der Waals surface area contributed by atoms with E-state index in [1.54, 1.807) is 0 Å². The minimum atomic E-state index is -1.61. The summed E-state index contributed by atoms with van der Waals surface area (Å²) >= 11 is 0. The zero-order valence-corrected chi connectivity index (χ0v) is 39.8. The summed E-state index contributed by atoms with van der Waals surface area (Å²) in [5, 5.41) is 65.5. The molecule has 1 amide bonds. The summed E-state index contributed by atoms with van der Waals surface area (Å²) in [6.07, 6.45) is 29.0. The Hall–Kier alpha value is -0.890. The molecule has 11 heteroatoms. The molecule has 0 aromatic carbocycles. The number of hydrogen-bond acceptors (Lipinski definition) is 10. The third-order valence-corrected chi connectivity index (χ3v) is 12.8. The van der Waals surface area contributed by atoms with Crippen LogP contribution in [0.1, 0.15) is 233 Å². The summed E-state index contributed by atoms with van der Waals surface area (Å²) in [6, 6.07) is -0.991. The van der Waals surface area contributed by atoms with E-state index in [-0.39, 0.29) is 18.9 Å². The Morgan fingerprint density at radius 2 is 0.951 bits per heavy atom. The number of amides is 1. The van der Waals surface area contributed by atoms with Gasteiger partial charge < -0.3 is 50.3 Å². The highest BCUT2D eigenvalue weighted by Gasteiger charge is 2.44. The van der Waals surface area contributed by atoms with Gasteiger partial charge in [0.15, 0.2) is 6.29 Å². The highest BCUT2D eigenvalue weighted by Crippen LogP contribution is 2.23. The first kappa shape index (κ1) is 58.1. The van der Waals surface area contributed by atoms with E-state index in [2.05, 4.69) is 31.0 Å². The van der Waals surface area contributed by atoms with E-state index < -0.39 is 55.6 Å². The molecule has 0 bridgehead atoms. The maximum absolute atomic E-state index is 13.1. The van der Waals surface area contributed by atoms with Gasteiger partial charge >= 0.3 is 0 Å². The molecule has 1 rings (SSSR count). The normalized spacial score (nSPS) is 20.9. The fraction of sp³-hybridized carbons (Fsp3) is 0.980. The molecule has 61 heavy (non-hydrogen) atoms. The fourth-order valence-corrected chi connectivity index (χ4v) is 8.61. The SMILES string of the molecule is CCCCCCCCCCCCCCC[C@@H](O)[C@@H](O)[C@H](CO[C@H]1O[C@H](CO)[C@H](O)[C@H](O)[C@H]1O)NC(=O)CCCCCCCCCCN(CCCCCCC)CCCCCCC. The second kappa shape index (κ2) is 40.6. The van der Waals surface area contributed by atoms with Gasteiger partial charge in [-0.2, -0.15) is 0 Å². The molecule has 364 valence electrons. The van der Waals surface area contributed by atoms with Crippen LogP contribution in [-0.2, 0) is 14.3 Å². The van der Waals surface area contributed by atoms with Crippen molar-refractivity contribution in [3.05, 3.63) is 0 Å². The van der Waals surface area contributed by atoms with Crippen molar-refractivity contribution in [3.8, 4) is 0 Å². The van der Waals surface area contributed by atoms with E-state index in [0.717, 1.165) is 51.4 Å². The lowest BCUT2D eigenvalue weighted by molar-refractivity contribution is -0.303. The van der Waals surface area contributed by atoms with Gasteiger partial charge in [0.25, 0.3) is 0 Å². The van der Waals surface area contributed by atoms with Crippen LogP contribution in [0, 0.1) is 0 Å². The van der Waals surface area contributed by atoms with E-state index in [0.29, 0.717) is 6.42 Å². The maximum atomic E-state index is 13.1. The second-order valence-corrected chi connectivity index (χ2v) is 18.5. The Kier molecular flexibility index (Phi) is 38.7. The Balaban J connectivity index is 2.45. The number of rotatable bonds is 44. The average Bonchev–Trinajstić information content (AvgIpc) is 3.26. The van der Waals surface area contributed by atoms with Crippen LogP contribution < -0.4 is 5.32 Å². The monoisotopic (exact) mass is 873 g/mol. The molecule has 0 aromatic heterocycles. The van der Waals surface area contributed by atoms with Crippen molar-refractivity contribution in [2.75, 3.05) is 32.8 Å². The molecule has 1 aliphatic heterocycles. The van der Waals surface area contributed by atoms with Crippen molar-refractivity contribution < 1.29 is 44.9 Å². The summed E-state index contributed by atoms with van der Waals surface area (Å²) < 4.78 is 11.2. The van der Waals surface area contributed by atoms with Gasteiger partial charge in [0.2, 0.25) is 5.91 Å². The van der Waals surface area contributed by atoms with Crippen LogP contribution in [-0.4, -0.2) is 123 Å². The van der Waals surface area contributed by atoms with E-state index in [4.69, 9.17) is 9.47 Å². The van der Waals surface area contributed by atoms with Crippen LogP contribution in [0.4, 0.5) is 0 Å². The van der Waals surface area contributed by atoms with Crippen LogP contribution in [0.25, 0.3) is 0 Å². The smallest absolute Gasteiger partial charge is 0.220 e. The number of carbonyl (C=O) groups excluding carboxylic acids is 1. The molecule has 8 atom stereocenters. The molecule has 0 saturated carbocycles. The zero-order valence-electron chi connectivity index (χ0n) is 39.8. The predicted octanol–water partition coefficient (Wildman–Crippen LogP) is 9.24. The molecule has 0 aromatic rings. The van der Waals surface area contributed by atoms with Crippen LogP contribution >= 0.6 is 0 Å². The summed E-state index contributed by atoms with van der Waals surface area (Å²) in [5.41, 5.74) is 0. The summed E-state index contributed by atoms with van der Waals surface area (Å²) in [5.74, 6) is -0.255. The lowest BCUT2D eigenvalue weighted by atomic mass is 9.98. The number of unbranched alkanes of at least 4 members (excludes halogenated alkanes) is 27. The zero-order chi connectivity index (χ0) is 44.8. The summed E-state index contributed by atoms with van der Waals surface area (Å²) in [7, 11) is 0. The molecular weight excluding hydrogens is 773 g/mol. The molecule has 0 unspecified atom stereocenters. The Morgan fingerprint density at radius 3 is 1.38 bits per heavy atom. The van der Waals surface area contributed by atoms with Gasteiger partial charge in [-0.1, -0.05) is 194 Å². The van der Waals surface area contributed by atoms with E-state index >= 15 is 0 Å². The highest BCUT2D eigenvalue weighted by molar-refractivity contribution is 5.76. The van der Waals surface area contributed by atoms with Gasteiger partial charge in [-0.3, -0.25) is 4.79 Å². The maximum Gasteiger partial charge on any atom is 0.220 e. The van der Waals surface area contributed by atoms with Crippen molar-refractivity contribution in [1.82, 2.24) is 10.2 Å². The lowest BCUT2D eigenvalue weighted by Crippen LogP contribution is -2.60. The number of hydrogen-bond donors (Lipinski definition) is 7. The summed E-state index contributed by atoms with van der Waals surface area (Å²) in [4.78, 5) is 15.8. The van der Waals surface area contributed by atoms with Crippen LogP contribution in [0.3, 0.4) is 0 Å². The molecule has 1 aliphatic rings. The summed E-state index contributed by atoms with van der Waals surface area (Å²) in [6.45, 7) is 9.61. The van der Waals surface area contributed by atoms with Crippen molar-refractivity contribution >= 4 is 5.91 Å². The molecule has 1 fully saturated rings. The number of aliphatic hydroxyl groups excluding tert-OH is 6. The quantitative estimate of drug-likeness (QED) is 0.0293. The lowest BCUT2D eigenvalue weighted by Gasteiger charge is -2.40. The van der Waals surface area contributed by atoms with Crippen molar-refractivity contribution in [2.24, 2.45) is 0 Å². The first-order chi connectivity index (χ1) is 29.7. The van der Waals surface area contributed by atoms with Crippen LogP contribution in [0.2, 0.25) is 0 Å². The van der Waals surface area contributed by atoms with E-state index in [1.807, 2.05) is 0 Å². The average molecular weight is 873 g/mol. The predicted molar refractivity (Wildman–Crippen MR) is 249 cm³/mol. The number of aliphatic hydroxyl groups is 6. The molecule has 0 spiro atoms. The van der Waals surface area contributed by atoms with Crippen molar-refractivity contribution in [2.45, 2.75) is 282 Å². The Bertz CT molecular complexity index is 948. The minimum Gasteiger partial charge on any atom is -0.394 e. The first-order valence-corrected chi connectivity index (χ1v) is 26.0. The molecule has 1 heterocycles. The van der Waals surface area contributed by atoms with E-state index in [9.17, 15) is 35.4 Å². The van der Waals surface area contributed by atoms with Gasteiger partial charge in [0.05, 0.1) is 25.4 Å². The van der Waals surface area contributed by atoms with Crippen LogP contribution in [0.5, 0.6) is 0 Å².